The molecule has 36 heavy (non-hydrogen) atoms. The highest BCUT2D eigenvalue weighted by atomic mass is 16.2. The normalized spacial score (nSPS) is 14.6. The number of hydrogen-bond donors (Lipinski definition) is 1. The van der Waals surface area contributed by atoms with Crippen LogP contribution in [-0.2, 0) is 11.3 Å². The summed E-state index contributed by atoms with van der Waals surface area (Å²) in [6.07, 6.45) is 2.68. The van der Waals surface area contributed by atoms with Gasteiger partial charge in [-0.1, -0.05) is 66.7 Å². The Kier molecular flexibility index (Phi) is 5.70. The van der Waals surface area contributed by atoms with Crippen molar-refractivity contribution in [3.8, 4) is 0 Å². The van der Waals surface area contributed by atoms with Crippen molar-refractivity contribution in [3.05, 3.63) is 113 Å². The summed E-state index contributed by atoms with van der Waals surface area (Å²) in [5.74, 6) is -0.452. The van der Waals surface area contributed by atoms with E-state index in [1.165, 1.54) is 16.3 Å². The first-order chi connectivity index (χ1) is 17.6. The van der Waals surface area contributed by atoms with Gasteiger partial charge in [0.1, 0.15) is 0 Å². The van der Waals surface area contributed by atoms with Crippen molar-refractivity contribution in [3.63, 3.8) is 0 Å². The maximum absolute atomic E-state index is 13.0. The van der Waals surface area contributed by atoms with Gasteiger partial charge < -0.3 is 5.32 Å². The van der Waals surface area contributed by atoms with Crippen molar-refractivity contribution in [1.29, 1.82) is 0 Å². The van der Waals surface area contributed by atoms with Crippen LogP contribution in [0, 0.1) is 0 Å². The third-order valence-electron chi connectivity index (χ3n) is 7.15. The average molecular weight is 475 g/mol. The second-order valence-corrected chi connectivity index (χ2v) is 9.60. The predicted octanol–water partition coefficient (Wildman–Crippen LogP) is 5.61. The van der Waals surface area contributed by atoms with Crippen LogP contribution in [0.3, 0.4) is 0 Å². The zero-order chi connectivity index (χ0) is 24.6. The molecule has 5 heteroatoms. The van der Waals surface area contributed by atoms with Crippen LogP contribution in [0.1, 0.15) is 56.7 Å². The van der Waals surface area contributed by atoms with Gasteiger partial charge >= 0.3 is 0 Å². The summed E-state index contributed by atoms with van der Waals surface area (Å²) in [6, 6.07) is 27.1. The van der Waals surface area contributed by atoms with Crippen molar-refractivity contribution in [2.24, 2.45) is 0 Å². The molecule has 5 nitrogen and oxygen atoms in total. The molecule has 1 fully saturated rings. The molecule has 0 bridgehead atoms. The molecule has 1 saturated carbocycles. The van der Waals surface area contributed by atoms with Gasteiger partial charge in [0.2, 0.25) is 5.91 Å². The lowest BCUT2D eigenvalue weighted by Gasteiger charge is -2.23. The third kappa shape index (κ3) is 4.23. The van der Waals surface area contributed by atoms with Gasteiger partial charge in [-0.25, -0.2) is 0 Å². The number of carbonyl (C=O) groups is 3. The van der Waals surface area contributed by atoms with Crippen LogP contribution >= 0.6 is 0 Å². The van der Waals surface area contributed by atoms with Crippen molar-refractivity contribution in [1.82, 2.24) is 4.90 Å². The van der Waals surface area contributed by atoms with E-state index in [0.717, 1.165) is 19.4 Å². The lowest BCUT2D eigenvalue weighted by molar-refractivity contribution is -0.116. The quantitative estimate of drug-likeness (QED) is 0.333. The lowest BCUT2D eigenvalue weighted by Crippen LogP contribution is -2.29. The molecule has 0 radical (unpaired) electrons. The number of benzene rings is 4. The Bertz CT molecular complexity index is 1510. The van der Waals surface area contributed by atoms with Gasteiger partial charge in [0.05, 0.1) is 0 Å². The van der Waals surface area contributed by atoms with Crippen LogP contribution in [0.2, 0.25) is 0 Å². The molecule has 4 aromatic rings. The van der Waals surface area contributed by atoms with Crippen molar-refractivity contribution < 1.29 is 14.4 Å². The van der Waals surface area contributed by atoms with Crippen LogP contribution in [0.25, 0.3) is 10.8 Å². The Balaban J connectivity index is 1.14. The van der Waals surface area contributed by atoms with Gasteiger partial charge in [-0.2, -0.15) is 0 Å². The number of amides is 1. The van der Waals surface area contributed by atoms with Crippen LogP contribution in [-0.4, -0.2) is 35.0 Å². The average Bonchev–Trinajstić information content (AvgIpc) is 3.75. The molecule has 0 atom stereocenters. The van der Waals surface area contributed by atoms with Crippen molar-refractivity contribution in [2.75, 3.05) is 11.9 Å². The highest BCUT2D eigenvalue weighted by Crippen LogP contribution is 2.31. The summed E-state index contributed by atoms with van der Waals surface area (Å²) in [6.45, 7) is 1.48. The molecule has 0 heterocycles. The third-order valence-corrected chi connectivity index (χ3v) is 7.15. The monoisotopic (exact) mass is 474 g/mol. The van der Waals surface area contributed by atoms with E-state index in [1.807, 2.05) is 0 Å². The Labute approximate surface area is 209 Å². The van der Waals surface area contributed by atoms with Gasteiger partial charge in [0.25, 0.3) is 0 Å². The second-order valence-electron chi connectivity index (χ2n) is 9.60. The zero-order valence-corrected chi connectivity index (χ0v) is 19.9. The fraction of sp³-hybridized carbons (Fsp3) is 0.194. The summed E-state index contributed by atoms with van der Waals surface area (Å²) in [5.41, 5.74) is 3.37. The predicted molar refractivity (Wildman–Crippen MR) is 140 cm³/mol. The van der Waals surface area contributed by atoms with Gasteiger partial charge in [0.15, 0.2) is 11.6 Å². The van der Waals surface area contributed by atoms with Crippen LogP contribution in [0.15, 0.2) is 84.9 Å². The minimum absolute atomic E-state index is 0.103. The van der Waals surface area contributed by atoms with Crippen LogP contribution in [0.5, 0.6) is 0 Å². The molecule has 0 unspecified atom stereocenters. The van der Waals surface area contributed by atoms with Crippen molar-refractivity contribution >= 4 is 33.9 Å². The molecular weight excluding hydrogens is 448 g/mol. The number of anilines is 1. The maximum Gasteiger partial charge on any atom is 0.225 e. The fourth-order valence-corrected chi connectivity index (χ4v) is 5.13. The zero-order valence-electron chi connectivity index (χ0n) is 19.9. The minimum Gasteiger partial charge on any atom is -0.326 e. The summed E-state index contributed by atoms with van der Waals surface area (Å²) < 4.78 is 0. The first-order valence-corrected chi connectivity index (χ1v) is 12.4. The minimum atomic E-state index is -0.189. The first-order valence-electron chi connectivity index (χ1n) is 12.4. The molecule has 6 rings (SSSR count). The SMILES string of the molecule is O=C(CCN(Cc1cccc2ccccc12)C1CC1)Nc1ccc2c(c1)C(=O)c1ccccc1C2=O. The summed E-state index contributed by atoms with van der Waals surface area (Å²) in [4.78, 5) is 41.0. The summed E-state index contributed by atoms with van der Waals surface area (Å²) in [7, 11) is 0. The number of hydrogen-bond acceptors (Lipinski definition) is 4. The van der Waals surface area contributed by atoms with Gasteiger partial charge in [-0.05, 0) is 47.4 Å². The fourth-order valence-electron chi connectivity index (χ4n) is 5.13. The molecule has 0 aromatic heterocycles. The second kappa shape index (κ2) is 9.17. The first kappa shape index (κ1) is 22.4. The summed E-state index contributed by atoms with van der Waals surface area (Å²) >= 11 is 0. The van der Waals surface area contributed by atoms with E-state index >= 15 is 0 Å². The molecule has 1 N–H and O–H groups in total. The lowest BCUT2D eigenvalue weighted by atomic mass is 9.84. The standard InChI is InChI=1S/C31H26N2O3/c34-29(16-17-33(23-13-14-23)19-21-8-5-7-20-6-1-2-9-24(20)21)32-22-12-15-27-28(18-22)31(36)26-11-4-3-10-25(26)30(27)35/h1-12,15,18,23H,13-14,16-17,19H2,(H,32,34). The van der Waals surface area contributed by atoms with Crippen LogP contribution < -0.4 is 5.32 Å². The molecule has 4 aromatic carbocycles. The van der Waals surface area contributed by atoms with E-state index in [9.17, 15) is 14.4 Å². The molecule has 0 spiro atoms. The highest BCUT2D eigenvalue weighted by Gasteiger charge is 2.31. The summed E-state index contributed by atoms with van der Waals surface area (Å²) in [5, 5.41) is 5.41. The number of ketones is 2. The van der Waals surface area contributed by atoms with E-state index < -0.39 is 0 Å². The maximum atomic E-state index is 13.0. The Morgan fingerprint density at radius 1 is 0.778 bits per heavy atom. The van der Waals surface area contributed by atoms with E-state index in [4.69, 9.17) is 0 Å². The number of rotatable bonds is 7. The van der Waals surface area contributed by atoms with Gasteiger partial charge in [-0.3, -0.25) is 19.3 Å². The topological polar surface area (TPSA) is 66.5 Å². The van der Waals surface area contributed by atoms with Gasteiger partial charge in [-0.15, -0.1) is 0 Å². The smallest absolute Gasteiger partial charge is 0.225 e. The molecule has 2 aliphatic rings. The highest BCUT2D eigenvalue weighted by molar-refractivity contribution is 6.28. The van der Waals surface area contributed by atoms with E-state index in [-0.39, 0.29) is 17.5 Å². The molecule has 178 valence electrons. The van der Waals surface area contributed by atoms with E-state index in [0.29, 0.717) is 46.9 Å². The number of fused-ring (bicyclic) bond motifs is 3. The molecule has 2 aliphatic carbocycles. The van der Waals surface area contributed by atoms with E-state index in [1.54, 1.807) is 42.5 Å². The Morgan fingerprint density at radius 3 is 2.22 bits per heavy atom. The van der Waals surface area contributed by atoms with Gasteiger partial charge in [0, 0.05) is 53.5 Å². The number of nitrogens with zero attached hydrogens (tertiary/aromatic N) is 1. The molecular formula is C31H26N2O3. The number of nitrogens with one attached hydrogen (secondary N) is 1. The van der Waals surface area contributed by atoms with Crippen LogP contribution in [0.4, 0.5) is 5.69 Å². The molecule has 1 amide bonds. The Hall–Kier alpha value is -4.09. The molecule has 0 saturated heterocycles. The van der Waals surface area contributed by atoms with Crippen molar-refractivity contribution in [2.45, 2.75) is 31.8 Å². The largest absolute Gasteiger partial charge is 0.326 e. The Morgan fingerprint density at radius 2 is 1.44 bits per heavy atom. The van der Waals surface area contributed by atoms with E-state index in [2.05, 4.69) is 52.7 Å². The molecule has 0 aliphatic heterocycles. The number of carbonyl (C=O) groups excluding carboxylic acids is 3.